The Morgan fingerprint density at radius 2 is 1.96 bits per heavy atom. The molecule has 0 radical (unpaired) electrons. The van der Waals surface area contributed by atoms with Crippen molar-refractivity contribution < 1.29 is 17.9 Å². The van der Waals surface area contributed by atoms with Crippen LogP contribution in [0.2, 0.25) is 0 Å². The lowest BCUT2D eigenvalue weighted by molar-refractivity contribution is 0.0957. The molecular weight excluding hydrogens is 352 g/mol. The molecule has 24 heavy (non-hydrogen) atoms. The van der Waals surface area contributed by atoms with Gasteiger partial charge >= 0.3 is 0 Å². The number of ether oxygens (including phenoxy) is 1. The Balaban J connectivity index is 1.84. The SMILES string of the molecule is CCOc1ccc(S(=O)(=O)NCCNC(=O)c2snnc2C)cc1. The molecule has 0 saturated carbocycles. The van der Waals surface area contributed by atoms with Crippen LogP contribution in [0.3, 0.4) is 0 Å². The summed E-state index contributed by atoms with van der Waals surface area (Å²) in [4.78, 5) is 12.4. The molecule has 10 heteroatoms. The van der Waals surface area contributed by atoms with Crippen molar-refractivity contribution in [3.05, 3.63) is 34.8 Å². The third-order valence-electron chi connectivity index (χ3n) is 3.01. The summed E-state index contributed by atoms with van der Waals surface area (Å²) in [6.45, 7) is 4.29. The van der Waals surface area contributed by atoms with Crippen LogP contribution in [0.5, 0.6) is 5.75 Å². The molecule has 130 valence electrons. The Bertz CT molecular complexity index is 787. The smallest absolute Gasteiger partial charge is 0.264 e. The predicted octanol–water partition coefficient (Wildman–Crippen LogP) is 0.954. The summed E-state index contributed by atoms with van der Waals surface area (Å²) in [5.74, 6) is 0.292. The van der Waals surface area contributed by atoms with Gasteiger partial charge in [-0.3, -0.25) is 4.79 Å². The summed E-state index contributed by atoms with van der Waals surface area (Å²) in [6.07, 6.45) is 0. The molecule has 0 unspecified atom stereocenters. The number of carbonyl (C=O) groups is 1. The van der Waals surface area contributed by atoms with Crippen LogP contribution in [0.15, 0.2) is 29.2 Å². The minimum atomic E-state index is -3.63. The first-order valence-electron chi connectivity index (χ1n) is 7.23. The predicted molar refractivity (Wildman–Crippen MR) is 89.8 cm³/mol. The molecule has 0 spiro atoms. The van der Waals surface area contributed by atoms with Crippen LogP contribution in [0.1, 0.15) is 22.3 Å². The fourth-order valence-electron chi connectivity index (χ4n) is 1.85. The largest absolute Gasteiger partial charge is 0.494 e. The summed E-state index contributed by atoms with van der Waals surface area (Å²) < 4.78 is 35.7. The molecule has 8 nitrogen and oxygen atoms in total. The molecule has 0 bridgehead atoms. The topological polar surface area (TPSA) is 110 Å². The average molecular weight is 370 g/mol. The zero-order chi connectivity index (χ0) is 17.6. The van der Waals surface area contributed by atoms with E-state index in [0.717, 1.165) is 11.5 Å². The van der Waals surface area contributed by atoms with Crippen LogP contribution >= 0.6 is 11.5 Å². The molecule has 0 atom stereocenters. The number of rotatable bonds is 8. The van der Waals surface area contributed by atoms with Gasteiger partial charge in [0.15, 0.2) is 0 Å². The monoisotopic (exact) mass is 370 g/mol. The second-order valence-corrected chi connectivity index (χ2v) is 7.27. The van der Waals surface area contributed by atoms with Crippen molar-refractivity contribution >= 4 is 27.5 Å². The number of sulfonamides is 1. The summed E-state index contributed by atoms with van der Waals surface area (Å²) in [5.41, 5.74) is 0.549. The van der Waals surface area contributed by atoms with Crippen LogP contribution < -0.4 is 14.8 Å². The van der Waals surface area contributed by atoms with E-state index in [9.17, 15) is 13.2 Å². The molecule has 0 fully saturated rings. The van der Waals surface area contributed by atoms with Crippen molar-refractivity contribution in [1.29, 1.82) is 0 Å². The Kier molecular flexibility index (Phi) is 6.23. The Labute approximate surface area is 144 Å². The molecular formula is C14H18N4O4S2. The average Bonchev–Trinajstić information content (AvgIpc) is 2.98. The van der Waals surface area contributed by atoms with Crippen LogP contribution in [-0.2, 0) is 10.0 Å². The van der Waals surface area contributed by atoms with E-state index in [4.69, 9.17) is 4.74 Å². The van der Waals surface area contributed by atoms with Gasteiger partial charge in [0, 0.05) is 13.1 Å². The molecule has 1 amide bonds. The highest BCUT2D eigenvalue weighted by Crippen LogP contribution is 2.15. The van der Waals surface area contributed by atoms with Crippen LogP contribution in [0.4, 0.5) is 0 Å². The van der Waals surface area contributed by atoms with Gasteiger partial charge in [-0.25, -0.2) is 13.1 Å². The van der Waals surface area contributed by atoms with E-state index in [1.54, 1.807) is 19.1 Å². The standard InChI is InChI=1S/C14H18N4O4S2/c1-3-22-11-4-6-12(7-5-11)24(20,21)16-9-8-15-14(19)13-10(2)17-18-23-13/h4-7,16H,3,8-9H2,1-2H3,(H,15,19). The summed E-state index contributed by atoms with van der Waals surface area (Å²) in [6, 6.07) is 6.13. The minimum Gasteiger partial charge on any atom is -0.494 e. The van der Waals surface area contributed by atoms with Crippen LogP contribution in [0, 0.1) is 6.92 Å². The number of amides is 1. The van der Waals surface area contributed by atoms with Crippen LogP contribution in [0.25, 0.3) is 0 Å². The number of benzene rings is 1. The minimum absolute atomic E-state index is 0.0760. The highest BCUT2D eigenvalue weighted by atomic mass is 32.2. The quantitative estimate of drug-likeness (QED) is 0.670. The normalized spacial score (nSPS) is 11.2. The second-order valence-electron chi connectivity index (χ2n) is 4.75. The fraction of sp³-hybridized carbons (Fsp3) is 0.357. The van der Waals surface area contributed by atoms with Gasteiger partial charge in [0.1, 0.15) is 10.6 Å². The number of nitrogens with zero attached hydrogens (tertiary/aromatic N) is 2. The van der Waals surface area contributed by atoms with E-state index in [1.165, 1.54) is 12.1 Å². The number of nitrogens with one attached hydrogen (secondary N) is 2. The van der Waals surface area contributed by atoms with Crippen molar-refractivity contribution in [3.8, 4) is 5.75 Å². The van der Waals surface area contributed by atoms with E-state index < -0.39 is 10.0 Å². The Morgan fingerprint density at radius 3 is 2.54 bits per heavy atom. The van der Waals surface area contributed by atoms with Gasteiger partial charge in [-0.1, -0.05) is 4.49 Å². The maximum absolute atomic E-state index is 12.1. The summed E-state index contributed by atoms with van der Waals surface area (Å²) in [5, 5.41) is 6.37. The molecule has 0 aliphatic carbocycles. The van der Waals surface area contributed by atoms with Gasteiger partial charge in [0.25, 0.3) is 5.91 Å². The van der Waals surface area contributed by atoms with Gasteiger partial charge in [-0.2, -0.15) is 0 Å². The van der Waals surface area contributed by atoms with E-state index >= 15 is 0 Å². The maximum Gasteiger partial charge on any atom is 0.264 e. The lowest BCUT2D eigenvalue weighted by atomic mass is 10.3. The third kappa shape index (κ3) is 4.73. The summed E-state index contributed by atoms with van der Waals surface area (Å²) >= 11 is 1.000. The van der Waals surface area contributed by atoms with Gasteiger partial charge in [-0.15, -0.1) is 5.10 Å². The molecule has 1 heterocycles. The molecule has 1 aromatic carbocycles. The van der Waals surface area contributed by atoms with Gasteiger partial charge in [0.05, 0.1) is 17.2 Å². The molecule has 0 aliphatic heterocycles. The zero-order valence-electron chi connectivity index (χ0n) is 13.3. The number of hydrogen-bond donors (Lipinski definition) is 2. The number of carbonyl (C=O) groups excluding carboxylic acids is 1. The van der Waals surface area contributed by atoms with Crippen molar-refractivity contribution in [2.24, 2.45) is 0 Å². The van der Waals surface area contributed by atoms with Crippen molar-refractivity contribution in [2.45, 2.75) is 18.7 Å². The van der Waals surface area contributed by atoms with E-state index in [1.807, 2.05) is 6.92 Å². The Hall–Kier alpha value is -2.04. The molecule has 1 aromatic heterocycles. The molecule has 2 aromatic rings. The van der Waals surface area contributed by atoms with E-state index in [0.29, 0.717) is 22.9 Å². The molecule has 0 aliphatic rings. The third-order valence-corrected chi connectivity index (χ3v) is 5.31. The van der Waals surface area contributed by atoms with E-state index in [-0.39, 0.29) is 23.9 Å². The highest BCUT2D eigenvalue weighted by molar-refractivity contribution is 7.89. The maximum atomic E-state index is 12.1. The zero-order valence-corrected chi connectivity index (χ0v) is 14.9. The van der Waals surface area contributed by atoms with Gasteiger partial charge in [0.2, 0.25) is 10.0 Å². The molecule has 0 saturated heterocycles. The number of aromatic nitrogens is 2. The lowest BCUT2D eigenvalue weighted by Gasteiger charge is -2.08. The first-order chi connectivity index (χ1) is 11.4. The van der Waals surface area contributed by atoms with E-state index in [2.05, 4.69) is 19.6 Å². The van der Waals surface area contributed by atoms with Crippen molar-refractivity contribution in [2.75, 3.05) is 19.7 Å². The fourth-order valence-corrected chi connectivity index (χ4v) is 3.45. The summed E-state index contributed by atoms with van der Waals surface area (Å²) in [7, 11) is -3.63. The van der Waals surface area contributed by atoms with Gasteiger partial charge in [-0.05, 0) is 49.6 Å². The van der Waals surface area contributed by atoms with Crippen molar-refractivity contribution in [3.63, 3.8) is 0 Å². The molecule has 2 rings (SSSR count). The number of aryl methyl sites for hydroxylation is 1. The molecule has 2 N–H and O–H groups in total. The van der Waals surface area contributed by atoms with Gasteiger partial charge < -0.3 is 10.1 Å². The first-order valence-corrected chi connectivity index (χ1v) is 9.49. The van der Waals surface area contributed by atoms with Crippen molar-refractivity contribution in [1.82, 2.24) is 19.6 Å². The highest BCUT2D eigenvalue weighted by Gasteiger charge is 2.15. The Morgan fingerprint density at radius 1 is 1.25 bits per heavy atom. The second kappa shape index (κ2) is 8.18. The first kappa shape index (κ1) is 18.3. The van der Waals surface area contributed by atoms with Crippen LogP contribution in [-0.4, -0.2) is 43.6 Å². The lowest BCUT2D eigenvalue weighted by Crippen LogP contribution is -2.34. The number of hydrogen-bond acceptors (Lipinski definition) is 7.